The molecule has 26 heavy (non-hydrogen) atoms. The van der Waals surface area contributed by atoms with Gasteiger partial charge in [-0.05, 0) is 44.3 Å². The topological polar surface area (TPSA) is 35.5 Å². The maximum Gasteiger partial charge on any atom is 0.333 e. The zero-order valence-electron chi connectivity index (χ0n) is 18.2. The molecule has 0 aromatic heterocycles. The predicted octanol–water partition coefficient (Wildman–Crippen LogP) is 7.03. The molecule has 4 heteroatoms. The number of unbranched alkanes of at least 4 members (excludes halogenated alkanes) is 4. The van der Waals surface area contributed by atoms with Gasteiger partial charge in [0.15, 0.2) is 8.32 Å². The second-order valence-electron chi connectivity index (χ2n) is 7.68. The minimum atomic E-state index is -1.73. The second-order valence-corrected chi connectivity index (χ2v) is 12.0. The van der Waals surface area contributed by atoms with E-state index in [0.29, 0.717) is 5.57 Å². The van der Waals surface area contributed by atoms with Crippen LogP contribution in [0.4, 0.5) is 0 Å². The smallest absolute Gasteiger partial charge is 0.333 e. The number of hydrogen-bond donors (Lipinski definition) is 0. The average molecular weight is 385 g/mol. The number of esters is 1. The fraction of sp³-hybridized carbons (Fsp3) is 0.864. The Balaban J connectivity index is 4.86. The molecule has 0 bridgehead atoms. The van der Waals surface area contributed by atoms with Crippen molar-refractivity contribution in [1.82, 2.24) is 0 Å². The van der Waals surface area contributed by atoms with Crippen molar-refractivity contribution in [2.24, 2.45) is 0 Å². The molecule has 2 unspecified atom stereocenters. The summed E-state index contributed by atoms with van der Waals surface area (Å²) < 4.78 is 12.3. The third-order valence-electron chi connectivity index (χ3n) is 5.21. The van der Waals surface area contributed by atoms with Crippen LogP contribution >= 0.6 is 0 Å². The molecule has 0 radical (unpaired) electrons. The van der Waals surface area contributed by atoms with Gasteiger partial charge in [-0.3, -0.25) is 0 Å². The van der Waals surface area contributed by atoms with Crippen molar-refractivity contribution < 1.29 is 14.0 Å². The van der Waals surface area contributed by atoms with Crippen molar-refractivity contribution in [3.63, 3.8) is 0 Å². The lowest BCUT2D eigenvalue weighted by atomic mass is 10.1. The van der Waals surface area contributed by atoms with Gasteiger partial charge in [0.25, 0.3) is 0 Å². The molecule has 2 atom stereocenters. The number of carbonyl (C=O) groups is 1. The zero-order chi connectivity index (χ0) is 19.8. The highest BCUT2D eigenvalue weighted by atomic mass is 28.4. The second kappa shape index (κ2) is 15.4. The lowest BCUT2D eigenvalue weighted by molar-refractivity contribution is -0.144. The van der Waals surface area contributed by atoms with Gasteiger partial charge < -0.3 is 9.16 Å². The van der Waals surface area contributed by atoms with Gasteiger partial charge in [0.1, 0.15) is 6.10 Å². The van der Waals surface area contributed by atoms with Crippen LogP contribution in [0.15, 0.2) is 12.2 Å². The van der Waals surface area contributed by atoms with E-state index in [-0.39, 0.29) is 12.1 Å². The fourth-order valence-electron chi connectivity index (χ4n) is 3.23. The summed E-state index contributed by atoms with van der Waals surface area (Å²) in [5.41, 5.74) is 0.493. The quantitative estimate of drug-likeness (QED) is 0.117. The van der Waals surface area contributed by atoms with Gasteiger partial charge >= 0.3 is 5.97 Å². The Labute approximate surface area is 164 Å². The predicted molar refractivity (Wildman–Crippen MR) is 115 cm³/mol. The van der Waals surface area contributed by atoms with Gasteiger partial charge in [-0.25, -0.2) is 4.79 Å². The molecule has 0 aliphatic rings. The largest absolute Gasteiger partial charge is 0.459 e. The highest BCUT2D eigenvalue weighted by molar-refractivity contribution is 6.73. The van der Waals surface area contributed by atoms with Crippen molar-refractivity contribution in [1.29, 1.82) is 0 Å². The molecule has 0 heterocycles. The van der Waals surface area contributed by atoms with Crippen LogP contribution in [0.5, 0.6) is 0 Å². The molecule has 0 saturated carbocycles. The van der Waals surface area contributed by atoms with E-state index in [1.165, 1.54) is 38.1 Å². The summed E-state index contributed by atoms with van der Waals surface area (Å²) in [5.74, 6) is -0.243. The van der Waals surface area contributed by atoms with Crippen molar-refractivity contribution in [3.8, 4) is 0 Å². The van der Waals surface area contributed by atoms with Crippen molar-refractivity contribution in [2.75, 3.05) is 6.61 Å². The Bertz CT molecular complexity index is 384. The summed E-state index contributed by atoms with van der Waals surface area (Å²) in [4.78, 5) is 12.0. The van der Waals surface area contributed by atoms with Crippen molar-refractivity contribution in [3.05, 3.63) is 12.2 Å². The minimum Gasteiger partial charge on any atom is -0.459 e. The summed E-state index contributed by atoms with van der Waals surface area (Å²) in [6.45, 7) is 15.3. The van der Waals surface area contributed by atoms with Crippen molar-refractivity contribution >= 4 is 14.3 Å². The van der Waals surface area contributed by atoms with Gasteiger partial charge in [0, 0.05) is 12.2 Å². The van der Waals surface area contributed by atoms with Gasteiger partial charge in [0.05, 0.1) is 0 Å². The monoisotopic (exact) mass is 384 g/mol. The SMILES string of the molecule is C=C(C)C(=O)OC(CCCC)CC[Si](CC)(CCCC)OCCCCC. The van der Waals surface area contributed by atoms with Gasteiger partial charge in [-0.2, -0.15) is 0 Å². The van der Waals surface area contributed by atoms with Crippen LogP contribution in [-0.2, 0) is 14.0 Å². The normalized spacial score (nSPS) is 14.7. The van der Waals surface area contributed by atoms with Crippen LogP contribution in [0, 0.1) is 0 Å². The van der Waals surface area contributed by atoms with Crippen LogP contribution < -0.4 is 0 Å². The summed E-state index contributed by atoms with van der Waals surface area (Å²) in [7, 11) is -1.73. The van der Waals surface area contributed by atoms with E-state index in [4.69, 9.17) is 9.16 Å². The molecule has 0 N–H and O–H groups in total. The molecule has 154 valence electrons. The number of rotatable bonds is 17. The molecule has 0 saturated heterocycles. The summed E-state index contributed by atoms with van der Waals surface area (Å²) in [6, 6.07) is 3.50. The van der Waals surface area contributed by atoms with Gasteiger partial charge in [-0.15, -0.1) is 0 Å². The lowest BCUT2D eigenvalue weighted by Crippen LogP contribution is -2.39. The van der Waals surface area contributed by atoms with E-state index in [9.17, 15) is 4.79 Å². The molecule has 0 fully saturated rings. The van der Waals surface area contributed by atoms with Crippen LogP contribution in [0.2, 0.25) is 18.1 Å². The number of ether oxygens (including phenoxy) is 1. The standard InChI is InChI=1S/C22H44O3Si/c1-7-11-14-17-24-26(10-4,18-13-9-3)19-16-21(15-12-8-2)25-22(23)20(5)6/h21H,5,7-19H2,1-4,6H3. The van der Waals surface area contributed by atoms with E-state index in [0.717, 1.165) is 44.4 Å². The van der Waals surface area contributed by atoms with Crippen LogP contribution in [0.3, 0.4) is 0 Å². The number of hydrogen-bond acceptors (Lipinski definition) is 3. The molecule has 0 rings (SSSR count). The minimum absolute atomic E-state index is 0.0124. The van der Waals surface area contributed by atoms with E-state index in [1.54, 1.807) is 6.92 Å². The molecular weight excluding hydrogens is 340 g/mol. The first-order valence-electron chi connectivity index (χ1n) is 10.9. The van der Waals surface area contributed by atoms with E-state index in [1.807, 2.05) is 0 Å². The molecule has 0 aliphatic heterocycles. The molecule has 3 nitrogen and oxygen atoms in total. The summed E-state index contributed by atoms with van der Waals surface area (Å²) in [5, 5.41) is 0. The first-order chi connectivity index (χ1) is 12.4. The fourth-order valence-corrected chi connectivity index (χ4v) is 7.11. The molecule has 0 aromatic carbocycles. The Hall–Kier alpha value is -0.613. The maximum atomic E-state index is 12.0. The molecule has 0 aromatic rings. The van der Waals surface area contributed by atoms with E-state index in [2.05, 4.69) is 34.3 Å². The third kappa shape index (κ3) is 11.2. The van der Waals surface area contributed by atoms with Crippen LogP contribution in [0.1, 0.15) is 92.4 Å². The Morgan fingerprint density at radius 3 is 2.12 bits per heavy atom. The van der Waals surface area contributed by atoms with Crippen LogP contribution in [-0.4, -0.2) is 27.0 Å². The third-order valence-corrected chi connectivity index (χ3v) is 9.78. The Morgan fingerprint density at radius 2 is 1.58 bits per heavy atom. The first-order valence-corrected chi connectivity index (χ1v) is 13.5. The molecule has 0 aliphatic carbocycles. The maximum absolute atomic E-state index is 12.0. The molecular formula is C22H44O3Si. The van der Waals surface area contributed by atoms with Crippen molar-refractivity contribution in [2.45, 2.75) is 117 Å². The lowest BCUT2D eigenvalue weighted by Gasteiger charge is -2.32. The van der Waals surface area contributed by atoms with E-state index < -0.39 is 8.32 Å². The zero-order valence-corrected chi connectivity index (χ0v) is 19.2. The number of carbonyl (C=O) groups excluding carboxylic acids is 1. The molecule has 0 amide bonds. The van der Waals surface area contributed by atoms with E-state index >= 15 is 0 Å². The summed E-state index contributed by atoms with van der Waals surface area (Å²) in [6.07, 6.45) is 10.2. The van der Waals surface area contributed by atoms with Gasteiger partial charge in [0.2, 0.25) is 0 Å². The van der Waals surface area contributed by atoms with Crippen LogP contribution in [0.25, 0.3) is 0 Å². The average Bonchev–Trinajstić information content (AvgIpc) is 2.64. The highest BCUT2D eigenvalue weighted by Crippen LogP contribution is 2.29. The summed E-state index contributed by atoms with van der Waals surface area (Å²) >= 11 is 0. The Kier molecular flexibility index (Phi) is 15.1. The highest BCUT2D eigenvalue weighted by Gasteiger charge is 2.33. The molecule has 0 spiro atoms. The van der Waals surface area contributed by atoms with Gasteiger partial charge in [-0.1, -0.05) is 72.8 Å². The first kappa shape index (κ1) is 25.4. The Morgan fingerprint density at radius 1 is 0.923 bits per heavy atom.